The lowest BCUT2D eigenvalue weighted by Crippen LogP contribution is -2.21. The second-order valence-corrected chi connectivity index (χ2v) is 6.67. The fourth-order valence-electron chi connectivity index (χ4n) is 2.75. The van der Waals surface area contributed by atoms with E-state index in [1.54, 1.807) is 6.07 Å². The Morgan fingerprint density at radius 2 is 1.34 bits per heavy atom. The predicted octanol–water partition coefficient (Wildman–Crippen LogP) is 6.33. The molecule has 0 bridgehead atoms. The van der Waals surface area contributed by atoms with E-state index in [4.69, 9.17) is 10.2 Å². The Morgan fingerprint density at radius 1 is 0.724 bits per heavy atom. The summed E-state index contributed by atoms with van der Waals surface area (Å²) in [7, 11) is 3.19. The van der Waals surface area contributed by atoms with E-state index in [9.17, 15) is 0 Å². The summed E-state index contributed by atoms with van der Waals surface area (Å²) in [5.41, 5.74) is 2.67. The molecule has 166 valence electrons. The first-order valence-electron chi connectivity index (χ1n) is 11.1. The Labute approximate surface area is 180 Å². The summed E-state index contributed by atoms with van der Waals surface area (Å²) in [4.78, 5) is 2.38. The van der Waals surface area contributed by atoms with Gasteiger partial charge in [0.2, 0.25) is 0 Å². The molecule has 2 rings (SSSR count). The van der Waals surface area contributed by atoms with Crippen molar-refractivity contribution in [2.45, 2.75) is 66.2 Å². The molecular weight excluding hydrogens is 358 g/mol. The zero-order valence-corrected chi connectivity index (χ0v) is 19.7. The molecule has 0 saturated carbocycles. The number of aryl methyl sites for hydroxylation is 1. The van der Waals surface area contributed by atoms with Crippen LogP contribution in [0.4, 0.5) is 0 Å². The molecule has 2 N–H and O–H groups in total. The number of nitrogens with zero attached hydrogens (tertiary/aromatic N) is 1. The van der Waals surface area contributed by atoms with Crippen LogP contribution in [0.25, 0.3) is 0 Å². The molecule has 0 saturated heterocycles. The van der Waals surface area contributed by atoms with Crippen molar-refractivity contribution in [3.8, 4) is 5.75 Å². The summed E-state index contributed by atoms with van der Waals surface area (Å²) < 4.78 is 0. The van der Waals surface area contributed by atoms with E-state index >= 15 is 0 Å². The standard InChI is InChI=1S/C12H19N.C11H16O.C2H6.CH4O/c1-3-10-13(2)11-9-12-7-5-4-6-8-12;1-2-3-4-6-10-7-5-8-11(12)9-10;2*1-2/h4-8H,3,9-11H2,1-2H3;5,7-9,12H,2-4,6H2,1H3;1-2H3;2H,1H3. The smallest absolute Gasteiger partial charge is 0.115 e. The topological polar surface area (TPSA) is 43.7 Å². The van der Waals surface area contributed by atoms with Gasteiger partial charge in [-0.25, -0.2) is 0 Å². The van der Waals surface area contributed by atoms with Gasteiger partial charge >= 0.3 is 0 Å². The fourth-order valence-corrected chi connectivity index (χ4v) is 2.75. The molecule has 3 nitrogen and oxygen atoms in total. The number of phenolic OH excluding ortho intramolecular Hbond substituents is 1. The Balaban J connectivity index is 0. The van der Waals surface area contributed by atoms with Gasteiger partial charge < -0.3 is 15.1 Å². The number of hydrogen-bond donors (Lipinski definition) is 2. The summed E-state index contributed by atoms with van der Waals surface area (Å²) in [6, 6.07) is 18.2. The number of hydrogen-bond acceptors (Lipinski definition) is 3. The van der Waals surface area contributed by atoms with E-state index in [0.29, 0.717) is 5.75 Å². The van der Waals surface area contributed by atoms with Gasteiger partial charge in [0.25, 0.3) is 0 Å². The van der Waals surface area contributed by atoms with Gasteiger partial charge in [0.15, 0.2) is 0 Å². The monoisotopic (exact) mass is 403 g/mol. The minimum atomic E-state index is 0.379. The lowest BCUT2D eigenvalue weighted by Gasteiger charge is -2.14. The Morgan fingerprint density at radius 3 is 1.90 bits per heavy atom. The van der Waals surface area contributed by atoms with Crippen molar-refractivity contribution >= 4 is 0 Å². The van der Waals surface area contributed by atoms with Crippen molar-refractivity contribution in [2.24, 2.45) is 0 Å². The summed E-state index contributed by atoms with van der Waals surface area (Å²) in [5, 5.41) is 16.2. The van der Waals surface area contributed by atoms with Crippen LogP contribution in [0.1, 0.15) is 64.5 Å². The van der Waals surface area contributed by atoms with Crippen molar-refractivity contribution in [1.82, 2.24) is 4.90 Å². The average molecular weight is 404 g/mol. The van der Waals surface area contributed by atoms with E-state index in [2.05, 4.69) is 62.2 Å². The van der Waals surface area contributed by atoms with Crippen molar-refractivity contribution in [1.29, 1.82) is 0 Å². The molecule has 0 aliphatic heterocycles. The number of aromatic hydroxyl groups is 1. The Bertz CT molecular complexity index is 558. The third kappa shape index (κ3) is 18.0. The second-order valence-electron chi connectivity index (χ2n) is 6.67. The van der Waals surface area contributed by atoms with Gasteiger partial charge in [-0.1, -0.05) is 83.0 Å². The van der Waals surface area contributed by atoms with E-state index in [0.717, 1.165) is 26.5 Å². The molecule has 0 atom stereocenters. The van der Waals surface area contributed by atoms with Gasteiger partial charge in [0, 0.05) is 13.7 Å². The number of aliphatic hydroxyl groups excluding tert-OH is 1. The number of rotatable bonds is 9. The molecule has 0 aromatic heterocycles. The SMILES string of the molecule is CC.CCCCCc1cccc(O)c1.CCCN(C)CCc1ccccc1.CO. The van der Waals surface area contributed by atoms with Gasteiger partial charge in [0.1, 0.15) is 5.75 Å². The largest absolute Gasteiger partial charge is 0.508 e. The first-order valence-corrected chi connectivity index (χ1v) is 11.1. The van der Waals surface area contributed by atoms with Crippen molar-refractivity contribution in [3.63, 3.8) is 0 Å². The molecule has 0 heterocycles. The number of aliphatic hydroxyl groups is 1. The van der Waals surface area contributed by atoms with Gasteiger partial charge in [-0.3, -0.25) is 0 Å². The minimum Gasteiger partial charge on any atom is -0.508 e. The molecule has 3 heteroatoms. The van der Waals surface area contributed by atoms with Crippen molar-refractivity contribution in [2.75, 3.05) is 27.2 Å². The van der Waals surface area contributed by atoms with Crippen molar-refractivity contribution < 1.29 is 10.2 Å². The van der Waals surface area contributed by atoms with E-state index in [-0.39, 0.29) is 0 Å². The van der Waals surface area contributed by atoms with E-state index < -0.39 is 0 Å². The normalized spacial score (nSPS) is 9.38. The molecule has 0 aliphatic rings. The van der Waals surface area contributed by atoms with E-state index in [1.807, 2.05) is 26.0 Å². The average Bonchev–Trinajstić information content (AvgIpc) is 2.77. The molecule has 0 amide bonds. The summed E-state index contributed by atoms with van der Waals surface area (Å²) in [6.07, 6.45) is 7.24. The zero-order chi connectivity index (χ0) is 22.3. The highest BCUT2D eigenvalue weighted by Gasteiger charge is 1.96. The Hall–Kier alpha value is -1.84. The maximum absolute atomic E-state index is 9.17. The zero-order valence-electron chi connectivity index (χ0n) is 19.7. The number of likely N-dealkylation sites (N-methyl/N-ethyl adjacent to an activating group) is 1. The van der Waals surface area contributed by atoms with Crippen molar-refractivity contribution in [3.05, 3.63) is 65.7 Å². The molecule has 0 fully saturated rings. The molecule has 0 radical (unpaired) electrons. The van der Waals surface area contributed by atoms with Gasteiger partial charge in [0.05, 0.1) is 0 Å². The Kier molecular flexibility index (Phi) is 22.7. The molecule has 0 spiro atoms. The van der Waals surface area contributed by atoms with Crippen LogP contribution in [0, 0.1) is 0 Å². The van der Waals surface area contributed by atoms with Crippen LogP contribution < -0.4 is 0 Å². The summed E-state index contributed by atoms with van der Waals surface area (Å²) in [5.74, 6) is 0.379. The first-order chi connectivity index (χ1) is 14.2. The fraction of sp³-hybridized carbons (Fsp3) is 0.538. The van der Waals surface area contributed by atoms with Crippen LogP contribution in [0.15, 0.2) is 54.6 Å². The number of phenols is 1. The highest BCUT2D eigenvalue weighted by molar-refractivity contribution is 5.27. The minimum absolute atomic E-state index is 0.379. The van der Waals surface area contributed by atoms with E-state index in [1.165, 1.54) is 43.4 Å². The third-order valence-electron chi connectivity index (χ3n) is 4.21. The maximum Gasteiger partial charge on any atom is 0.115 e. The molecule has 2 aromatic rings. The second kappa shape index (κ2) is 22.4. The molecule has 0 unspecified atom stereocenters. The predicted molar refractivity (Wildman–Crippen MR) is 129 cm³/mol. The summed E-state index contributed by atoms with van der Waals surface area (Å²) >= 11 is 0. The lowest BCUT2D eigenvalue weighted by atomic mass is 10.1. The van der Waals surface area contributed by atoms with Crippen LogP contribution >= 0.6 is 0 Å². The van der Waals surface area contributed by atoms with Crippen LogP contribution in [0.2, 0.25) is 0 Å². The summed E-state index contributed by atoms with van der Waals surface area (Å²) in [6.45, 7) is 10.8. The van der Waals surface area contributed by atoms with Crippen LogP contribution in [-0.4, -0.2) is 42.4 Å². The third-order valence-corrected chi connectivity index (χ3v) is 4.21. The van der Waals surface area contributed by atoms with Gasteiger partial charge in [-0.2, -0.15) is 0 Å². The number of unbranched alkanes of at least 4 members (excludes halogenated alkanes) is 2. The molecule has 2 aromatic carbocycles. The lowest BCUT2D eigenvalue weighted by molar-refractivity contribution is 0.339. The molecule has 0 aliphatic carbocycles. The van der Waals surface area contributed by atoms with Gasteiger partial charge in [-0.05, 0) is 62.5 Å². The van der Waals surface area contributed by atoms with Crippen LogP contribution in [0.3, 0.4) is 0 Å². The quantitative estimate of drug-likeness (QED) is 0.481. The maximum atomic E-state index is 9.17. The van der Waals surface area contributed by atoms with Crippen LogP contribution in [0.5, 0.6) is 5.75 Å². The first kappa shape index (κ1) is 29.4. The molecule has 29 heavy (non-hydrogen) atoms. The number of benzene rings is 2. The highest BCUT2D eigenvalue weighted by Crippen LogP contribution is 2.13. The van der Waals surface area contributed by atoms with Gasteiger partial charge in [-0.15, -0.1) is 0 Å². The molecular formula is C26H45NO2. The highest BCUT2D eigenvalue weighted by atomic mass is 16.3. The van der Waals surface area contributed by atoms with Crippen LogP contribution in [-0.2, 0) is 12.8 Å².